The highest BCUT2D eigenvalue weighted by molar-refractivity contribution is 7.89. The number of ether oxygens (including phenoxy) is 2. The minimum atomic E-state index is -3.79. The summed E-state index contributed by atoms with van der Waals surface area (Å²) in [5.41, 5.74) is 2.12. The van der Waals surface area contributed by atoms with Crippen LogP contribution in [-0.2, 0) is 14.8 Å². The summed E-state index contributed by atoms with van der Waals surface area (Å²) < 4.78 is 40.8. The molecule has 0 fully saturated rings. The van der Waals surface area contributed by atoms with Crippen LogP contribution in [0, 0.1) is 12.8 Å². The Morgan fingerprint density at radius 2 is 1.77 bits per heavy atom. The van der Waals surface area contributed by atoms with Crippen LogP contribution in [0.25, 0.3) is 0 Å². The second-order valence-corrected chi connectivity index (χ2v) is 14.5. The zero-order valence-corrected chi connectivity index (χ0v) is 28.7. The topological polar surface area (TPSA) is 125 Å². The number of fused-ring (bicyclic) bond motifs is 1. The van der Waals surface area contributed by atoms with Crippen molar-refractivity contribution in [2.75, 3.05) is 38.7 Å². The van der Waals surface area contributed by atoms with Crippen LogP contribution < -0.4 is 10.1 Å². The summed E-state index contributed by atoms with van der Waals surface area (Å²) in [5, 5.41) is 13.1. The van der Waals surface area contributed by atoms with Crippen LogP contribution in [0.1, 0.15) is 66.3 Å². The van der Waals surface area contributed by atoms with E-state index in [4.69, 9.17) is 9.47 Å². The molecule has 4 atom stereocenters. The van der Waals surface area contributed by atoms with Crippen molar-refractivity contribution in [2.24, 2.45) is 5.92 Å². The van der Waals surface area contributed by atoms with E-state index in [1.165, 1.54) is 11.4 Å². The number of hydrogen-bond donors (Lipinski definition) is 2. The zero-order chi connectivity index (χ0) is 34.1. The molecule has 254 valence electrons. The zero-order valence-electron chi connectivity index (χ0n) is 27.9. The van der Waals surface area contributed by atoms with Gasteiger partial charge in [-0.1, -0.05) is 42.8 Å². The van der Waals surface area contributed by atoms with Gasteiger partial charge in [-0.05, 0) is 82.5 Å². The van der Waals surface area contributed by atoms with Gasteiger partial charge in [0.2, 0.25) is 10.0 Å². The van der Waals surface area contributed by atoms with E-state index in [0.29, 0.717) is 30.0 Å². The Balaban J connectivity index is 1.65. The summed E-state index contributed by atoms with van der Waals surface area (Å²) >= 11 is 0. The predicted molar refractivity (Wildman–Crippen MR) is 182 cm³/mol. The van der Waals surface area contributed by atoms with E-state index in [2.05, 4.69) is 5.32 Å². The number of aryl methyl sites for hydroxylation is 1. The van der Waals surface area contributed by atoms with Crippen molar-refractivity contribution in [3.05, 3.63) is 89.5 Å². The highest BCUT2D eigenvalue weighted by Crippen LogP contribution is 2.29. The van der Waals surface area contributed by atoms with E-state index in [9.17, 15) is 23.1 Å². The molecule has 1 heterocycles. The molecule has 1 aliphatic rings. The lowest BCUT2D eigenvalue weighted by molar-refractivity contribution is -0.00834. The van der Waals surface area contributed by atoms with E-state index in [0.717, 1.165) is 18.4 Å². The Kier molecular flexibility index (Phi) is 12.6. The van der Waals surface area contributed by atoms with E-state index >= 15 is 0 Å². The smallest absolute Gasteiger partial charge is 0.258 e. The van der Waals surface area contributed by atoms with Gasteiger partial charge in [-0.25, -0.2) is 8.42 Å². The third kappa shape index (κ3) is 9.41. The molecule has 3 aromatic carbocycles. The van der Waals surface area contributed by atoms with Crippen molar-refractivity contribution in [1.29, 1.82) is 0 Å². The second-order valence-electron chi connectivity index (χ2n) is 12.4. The van der Waals surface area contributed by atoms with Crippen molar-refractivity contribution in [1.82, 2.24) is 9.21 Å². The summed E-state index contributed by atoms with van der Waals surface area (Å²) in [5.74, 6) is -0.618. The van der Waals surface area contributed by atoms with Gasteiger partial charge in [0, 0.05) is 43.9 Å². The Morgan fingerprint density at radius 1 is 1.06 bits per heavy atom. The van der Waals surface area contributed by atoms with Gasteiger partial charge in [0.25, 0.3) is 11.8 Å². The van der Waals surface area contributed by atoms with Crippen LogP contribution in [-0.4, -0.2) is 86.1 Å². The van der Waals surface area contributed by atoms with Crippen LogP contribution in [0.15, 0.2) is 77.7 Å². The van der Waals surface area contributed by atoms with Gasteiger partial charge >= 0.3 is 0 Å². The first-order valence-corrected chi connectivity index (χ1v) is 17.6. The van der Waals surface area contributed by atoms with E-state index in [1.54, 1.807) is 78.6 Å². The lowest BCUT2D eigenvalue weighted by Gasteiger charge is -2.35. The molecule has 0 bridgehead atoms. The van der Waals surface area contributed by atoms with Crippen molar-refractivity contribution >= 4 is 27.5 Å². The SMILES string of the molecule is Cc1ccc(S(=O)(=O)N(C)C[C@H]2OCCCC[C@H](C)Oc3ccc(NC(=O)c4ccccc4)cc3C(=O)N([C@H](C)CO)C[C@H]2C)cc1. The highest BCUT2D eigenvalue weighted by atomic mass is 32.2. The van der Waals surface area contributed by atoms with Crippen molar-refractivity contribution in [2.45, 2.75) is 70.1 Å². The van der Waals surface area contributed by atoms with E-state index in [1.807, 2.05) is 26.8 Å². The number of nitrogens with one attached hydrogen (secondary N) is 1. The normalized spacial score (nSPS) is 20.5. The fourth-order valence-electron chi connectivity index (χ4n) is 5.50. The predicted octanol–water partition coefficient (Wildman–Crippen LogP) is 5.36. The molecule has 4 rings (SSSR count). The first kappa shape index (κ1) is 36.1. The molecule has 2 amide bonds. The Labute approximate surface area is 278 Å². The molecule has 0 saturated heterocycles. The lowest BCUT2D eigenvalue weighted by atomic mass is 10.0. The first-order chi connectivity index (χ1) is 22.4. The third-order valence-corrected chi connectivity index (χ3v) is 10.3. The minimum Gasteiger partial charge on any atom is -0.490 e. The van der Waals surface area contributed by atoms with E-state index < -0.39 is 22.2 Å². The molecule has 1 aliphatic heterocycles. The van der Waals surface area contributed by atoms with Gasteiger partial charge in [0.05, 0.1) is 35.3 Å². The Hall–Kier alpha value is -3.77. The maximum atomic E-state index is 14.3. The number of aliphatic hydroxyl groups is 1. The number of benzene rings is 3. The molecule has 0 aromatic heterocycles. The third-order valence-electron chi connectivity index (χ3n) is 8.51. The largest absolute Gasteiger partial charge is 0.490 e. The maximum absolute atomic E-state index is 14.3. The monoisotopic (exact) mass is 665 g/mol. The molecular weight excluding hydrogens is 618 g/mol. The molecular formula is C36H47N3O7S. The molecule has 0 saturated carbocycles. The molecule has 10 nitrogen and oxygen atoms in total. The second kappa shape index (κ2) is 16.4. The first-order valence-electron chi connectivity index (χ1n) is 16.1. The van der Waals surface area contributed by atoms with Crippen LogP contribution >= 0.6 is 0 Å². The van der Waals surface area contributed by atoms with Crippen LogP contribution in [0.5, 0.6) is 5.75 Å². The average molecular weight is 666 g/mol. The fourth-order valence-corrected chi connectivity index (χ4v) is 6.68. The molecule has 2 N–H and O–H groups in total. The van der Waals surface area contributed by atoms with Gasteiger partial charge in [0.1, 0.15) is 5.75 Å². The number of nitrogens with zero attached hydrogens (tertiary/aromatic N) is 2. The van der Waals surface area contributed by atoms with Crippen molar-refractivity contribution in [3.63, 3.8) is 0 Å². The van der Waals surface area contributed by atoms with E-state index in [-0.39, 0.29) is 54.0 Å². The van der Waals surface area contributed by atoms with Crippen LogP contribution in [0.3, 0.4) is 0 Å². The number of carbonyl (C=O) groups is 2. The minimum absolute atomic E-state index is 0.0820. The number of sulfonamides is 1. The molecule has 3 aromatic rings. The van der Waals surface area contributed by atoms with Crippen molar-refractivity contribution < 1.29 is 32.6 Å². The Bertz CT molecular complexity index is 1600. The Morgan fingerprint density at radius 3 is 2.45 bits per heavy atom. The maximum Gasteiger partial charge on any atom is 0.258 e. The number of rotatable bonds is 8. The van der Waals surface area contributed by atoms with Crippen molar-refractivity contribution in [3.8, 4) is 5.75 Å². The summed E-state index contributed by atoms with van der Waals surface area (Å²) in [7, 11) is -2.25. The number of aliphatic hydroxyl groups excluding tert-OH is 1. The van der Waals surface area contributed by atoms with Crippen LogP contribution in [0.4, 0.5) is 5.69 Å². The molecule has 0 unspecified atom stereocenters. The summed E-state index contributed by atoms with van der Waals surface area (Å²) in [6.45, 7) is 7.91. The number of amides is 2. The fraction of sp³-hybridized carbons (Fsp3) is 0.444. The number of hydrogen-bond acceptors (Lipinski definition) is 7. The highest BCUT2D eigenvalue weighted by Gasteiger charge is 2.32. The molecule has 11 heteroatoms. The molecule has 47 heavy (non-hydrogen) atoms. The molecule has 0 aliphatic carbocycles. The average Bonchev–Trinajstić information content (AvgIpc) is 3.06. The number of carbonyl (C=O) groups excluding carboxylic acids is 2. The lowest BCUT2D eigenvalue weighted by Crippen LogP contribution is -2.48. The molecule has 0 radical (unpaired) electrons. The summed E-state index contributed by atoms with van der Waals surface area (Å²) in [6, 6.07) is 20.0. The summed E-state index contributed by atoms with van der Waals surface area (Å²) in [6.07, 6.45) is 1.52. The standard InChI is InChI=1S/C36H47N3O7S/c1-25-14-17-31(18-15-25)47(43,44)38(5)23-34-26(2)22-39(27(3)24-40)36(42)32-21-30(37-35(41)29-12-7-6-8-13-29)16-19-33(32)46-28(4)11-9-10-20-45-34/h6-8,12-19,21,26-28,34,40H,9-11,20,22-24H2,1-5H3,(H,37,41)/t26-,27-,28+,34-/m1/s1. The van der Waals surface area contributed by atoms with Crippen LogP contribution in [0.2, 0.25) is 0 Å². The number of likely N-dealkylation sites (N-methyl/N-ethyl adjacent to an activating group) is 1. The van der Waals surface area contributed by atoms with Gasteiger partial charge in [0.15, 0.2) is 0 Å². The number of anilines is 1. The van der Waals surface area contributed by atoms with Gasteiger partial charge in [-0.3, -0.25) is 9.59 Å². The summed E-state index contributed by atoms with van der Waals surface area (Å²) in [4.78, 5) is 29.0. The molecule has 0 spiro atoms. The van der Waals surface area contributed by atoms with Gasteiger partial charge < -0.3 is 24.8 Å². The van der Waals surface area contributed by atoms with Gasteiger partial charge in [-0.2, -0.15) is 4.31 Å². The quantitative estimate of drug-likeness (QED) is 0.332. The van der Waals surface area contributed by atoms with Gasteiger partial charge in [-0.15, -0.1) is 0 Å².